The third-order valence-electron chi connectivity index (χ3n) is 5.11. The largest absolute Gasteiger partial charge is 0.497 e. The first kappa shape index (κ1) is 21.1. The average molecular weight is 419 g/mol. The summed E-state index contributed by atoms with van der Waals surface area (Å²) in [4.78, 5) is 33.7. The molecule has 1 saturated heterocycles. The van der Waals surface area contributed by atoms with Gasteiger partial charge < -0.3 is 19.3 Å². The summed E-state index contributed by atoms with van der Waals surface area (Å²) < 4.78 is 10.4. The highest BCUT2D eigenvalue weighted by molar-refractivity contribution is 7.14. The molecule has 2 heterocycles. The Morgan fingerprint density at radius 2 is 1.79 bits per heavy atom. The van der Waals surface area contributed by atoms with Crippen LogP contribution < -0.4 is 14.8 Å². The van der Waals surface area contributed by atoms with Gasteiger partial charge in [-0.15, -0.1) is 11.3 Å². The number of methoxy groups -OCH3 is 2. The minimum atomic E-state index is -0.348. The number of ether oxygens (including phenoxy) is 2. The minimum Gasteiger partial charge on any atom is -0.497 e. The maximum atomic E-state index is 12.8. The number of amides is 2. The molecular formula is C20H26N4O4S. The third-order valence-corrected chi connectivity index (χ3v) is 5.87. The smallest absolute Gasteiger partial charge is 0.273 e. The summed E-state index contributed by atoms with van der Waals surface area (Å²) in [7, 11) is 6.95. The zero-order valence-corrected chi connectivity index (χ0v) is 17.9. The topological polar surface area (TPSA) is 84.0 Å². The Labute approximate surface area is 174 Å². The molecule has 1 aromatic carbocycles. The molecule has 9 heteroatoms. The van der Waals surface area contributed by atoms with Crippen molar-refractivity contribution in [1.29, 1.82) is 0 Å². The first-order valence-corrected chi connectivity index (χ1v) is 10.2. The van der Waals surface area contributed by atoms with Crippen LogP contribution in [-0.2, 0) is 0 Å². The number of hydrogen-bond acceptors (Lipinski definition) is 7. The van der Waals surface area contributed by atoms with E-state index in [4.69, 9.17) is 9.47 Å². The predicted molar refractivity (Wildman–Crippen MR) is 112 cm³/mol. The second-order valence-corrected chi connectivity index (χ2v) is 7.90. The highest BCUT2D eigenvalue weighted by atomic mass is 32.1. The fraction of sp³-hybridized carbons (Fsp3) is 0.450. The summed E-state index contributed by atoms with van der Waals surface area (Å²) >= 11 is 1.22. The number of piperidine rings is 1. The molecule has 0 aliphatic carbocycles. The Hall–Kier alpha value is -2.65. The molecule has 0 saturated carbocycles. The molecule has 2 amide bonds. The Kier molecular flexibility index (Phi) is 6.71. The molecule has 0 radical (unpaired) electrons. The lowest BCUT2D eigenvalue weighted by molar-refractivity contribution is 0.0654. The first-order valence-electron chi connectivity index (χ1n) is 9.37. The van der Waals surface area contributed by atoms with E-state index in [1.807, 2.05) is 7.05 Å². The maximum Gasteiger partial charge on any atom is 0.273 e. The number of thiazole rings is 1. The third kappa shape index (κ3) is 5.04. The number of nitrogens with zero attached hydrogens (tertiary/aromatic N) is 3. The van der Waals surface area contributed by atoms with Gasteiger partial charge in [-0.1, -0.05) is 0 Å². The Morgan fingerprint density at radius 1 is 1.17 bits per heavy atom. The van der Waals surface area contributed by atoms with Gasteiger partial charge in [0.05, 0.1) is 14.2 Å². The molecule has 2 aromatic rings. The van der Waals surface area contributed by atoms with Crippen LogP contribution in [0.1, 0.15) is 33.7 Å². The molecule has 1 aliphatic heterocycles. The molecule has 1 aliphatic rings. The van der Waals surface area contributed by atoms with Crippen molar-refractivity contribution in [3.8, 4) is 11.5 Å². The summed E-state index contributed by atoms with van der Waals surface area (Å²) in [5.41, 5.74) is 0.725. The zero-order chi connectivity index (χ0) is 21.0. The number of rotatable bonds is 6. The maximum absolute atomic E-state index is 12.8. The fourth-order valence-corrected chi connectivity index (χ4v) is 3.95. The van der Waals surface area contributed by atoms with E-state index in [0.717, 1.165) is 25.9 Å². The number of carbonyl (C=O) groups is 2. The summed E-state index contributed by atoms with van der Waals surface area (Å²) in [6, 6.07) is 5.13. The summed E-state index contributed by atoms with van der Waals surface area (Å²) in [5.74, 6) is 0.562. The van der Waals surface area contributed by atoms with Gasteiger partial charge in [-0.05, 0) is 45.1 Å². The summed E-state index contributed by atoms with van der Waals surface area (Å²) in [5, 5.41) is 4.79. The van der Waals surface area contributed by atoms with Crippen LogP contribution in [0, 0.1) is 0 Å². The number of likely N-dealkylation sites (tertiary alicyclic amines) is 1. The second-order valence-electron chi connectivity index (χ2n) is 7.04. The van der Waals surface area contributed by atoms with Crippen molar-refractivity contribution in [2.75, 3.05) is 46.7 Å². The molecule has 1 fully saturated rings. The van der Waals surface area contributed by atoms with E-state index >= 15 is 0 Å². The molecule has 29 heavy (non-hydrogen) atoms. The van der Waals surface area contributed by atoms with Gasteiger partial charge in [0.25, 0.3) is 11.8 Å². The Balaban J connectivity index is 1.67. The number of aromatic nitrogens is 1. The molecule has 1 aromatic heterocycles. The van der Waals surface area contributed by atoms with E-state index < -0.39 is 0 Å². The van der Waals surface area contributed by atoms with E-state index in [1.54, 1.807) is 28.5 Å². The first-order chi connectivity index (χ1) is 13.9. The monoisotopic (exact) mass is 418 g/mol. The van der Waals surface area contributed by atoms with Crippen molar-refractivity contribution in [3.05, 3.63) is 34.8 Å². The number of hydrogen-bond donors (Lipinski definition) is 1. The molecule has 0 unspecified atom stereocenters. The van der Waals surface area contributed by atoms with Gasteiger partial charge in [0.15, 0.2) is 5.13 Å². The molecule has 0 spiro atoms. The predicted octanol–water partition coefficient (Wildman–Crippen LogP) is 2.58. The molecule has 0 atom stereocenters. The fourth-order valence-electron chi connectivity index (χ4n) is 3.27. The van der Waals surface area contributed by atoms with E-state index in [2.05, 4.69) is 22.2 Å². The Morgan fingerprint density at radius 3 is 2.38 bits per heavy atom. The van der Waals surface area contributed by atoms with E-state index in [0.29, 0.717) is 27.9 Å². The molecule has 8 nitrogen and oxygen atoms in total. The van der Waals surface area contributed by atoms with Crippen molar-refractivity contribution in [1.82, 2.24) is 14.8 Å². The van der Waals surface area contributed by atoms with Crippen LogP contribution in [0.4, 0.5) is 5.13 Å². The van der Waals surface area contributed by atoms with Crippen molar-refractivity contribution < 1.29 is 19.1 Å². The van der Waals surface area contributed by atoms with Gasteiger partial charge in [-0.2, -0.15) is 0 Å². The van der Waals surface area contributed by atoms with E-state index in [-0.39, 0.29) is 17.9 Å². The number of carbonyl (C=O) groups excluding carboxylic acids is 2. The van der Waals surface area contributed by atoms with Gasteiger partial charge in [0, 0.05) is 30.1 Å². The number of anilines is 1. The zero-order valence-electron chi connectivity index (χ0n) is 17.1. The van der Waals surface area contributed by atoms with Crippen molar-refractivity contribution in [3.63, 3.8) is 0 Å². The second kappa shape index (κ2) is 9.23. The highest BCUT2D eigenvalue weighted by Crippen LogP contribution is 2.24. The van der Waals surface area contributed by atoms with Crippen LogP contribution in [0.2, 0.25) is 0 Å². The van der Waals surface area contributed by atoms with Crippen LogP contribution in [0.15, 0.2) is 23.6 Å². The van der Waals surface area contributed by atoms with Crippen LogP contribution in [-0.4, -0.2) is 74.0 Å². The molecule has 1 N–H and O–H groups in total. The molecular weight excluding hydrogens is 392 g/mol. The van der Waals surface area contributed by atoms with Crippen molar-refractivity contribution in [2.24, 2.45) is 0 Å². The van der Waals surface area contributed by atoms with Gasteiger partial charge in [0.2, 0.25) is 0 Å². The SMILES string of the molecule is COc1cc(OC)cc(C(=O)Nc2nc(C(=O)N(C)C3CCN(C)CC3)cs2)c1. The molecule has 0 bridgehead atoms. The van der Waals surface area contributed by atoms with Gasteiger partial charge in [-0.3, -0.25) is 14.9 Å². The number of benzene rings is 1. The average Bonchev–Trinajstić information content (AvgIpc) is 3.21. The van der Waals surface area contributed by atoms with Crippen LogP contribution >= 0.6 is 11.3 Å². The summed E-state index contributed by atoms with van der Waals surface area (Å²) in [6.45, 7) is 1.95. The van der Waals surface area contributed by atoms with Gasteiger partial charge in [-0.25, -0.2) is 4.98 Å². The van der Waals surface area contributed by atoms with Crippen molar-refractivity contribution in [2.45, 2.75) is 18.9 Å². The molecule has 3 rings (SSSR count). The summed E-state index contributed by atoms with van der Waals surface area (Å²) in [6.07, 6.45) is 1.90. The van der Waals surface area contributed by atoms with E-state index in [1.165, 1.54) is 25.6 Å². The lowest BCUT2D eigenvalue weighted by Crippen LogP contribution is -2.44. The van der Waals surface area contributed by atoms with Crippen LogP contribution in [0.25, 0.3) is 0 Å². The minimum absolute atomic E-state index is 0.126. The van der Waals surface area contributed by atoms with Gasteiger partial charge >= 0.3 is 0 Å². The Bertz CT molecular complexity index is 855. The van der Waals surface area contributed by atoms with Crippen LogP contribution in [0.3, 0.4) is 0 Å². The van der Waals surface area contributed by atoms with Crippen molar-refractivity contribution >= 4 is 28.3 Å². The lowest BCUT2D eigenvalue weighted by Gasteiger charge is -2.34. The lowest BCUT2D eigenvalue weighted by atomic mass is 10.0. The standard InChI is InChI=1S/C20H26N4O4S/c1-23-7-5-14(6-8-23)24(2)19(26)17-12-29-20(21-17)22-18(25)13-9-15(27-3)11-16(10-13)28-4/h9-12,14H,5-8H2,1-4H3,(H,21,22,25). The van der Waals surface area contributed by atoms with E-state index in [9.17, 15) is 9.59 Å². The number of nitrogens with one attached hydrogen (secondary N) is 1. The quantitative estimate of drug-likeness (QED) is 0.776. The van der Waals surface area contributed by atoms with Gasteiger partial charge in [0.1, 0.15) is 17.2 Å². The molecule has 156 valence electrons. The normalized spacial score (nSPS) is 15.0. The van der Waals surface area contributed by atoms with Crippen LogP contribution in [0.5, 0.6) is 11.5 Å². The highest BCUT2D eigenvalue weighted by Gasteiger charge is 2.26.